The molecule has 0 atom stereocenters. The van der Waals surface area contributed by atoms with Gasteiger partial charge in [0.1, 0.15) is 5.83 Å². The molecule has 0 aliphatic carbocycles. The van der Waals surface area contributed by atoms with E-state index in [0.717, 1.165) is 18.4 Å². The fraction of sp³-hybridized carbons (Fsp3) is 0.455. The Morgan fingerprint density at radius 2 is 2.00 bits per heavy atom. The third kappa shape index (κ3) is 4.12. The summed E-state index contributed by atoms with van der Waals surface area (Å²) in [4.78, 5) is 0. The van der Waals surface area contributed by atoms with E-state index in [1.54, 1.807) is 0 Å². The zero-order valence-corrected chi connectivity index (χ0v) is 8.15. The van der Waals surface area contributed by atoms with Gasteiger partial charge < -0.3 is 0 Å². The second-order valence-corrected chi connectivity index (χ2v) is 2.95. The quantitative estimate of drug-likeness (QED) is 0.553. The summed E-state index contributed by atoms with van der Waals surface area (Å²) in [5, 5.41) is 0. The van der Waals surface area contributed by atoms with Crippen molar-refractivity contribution >= 4 is 0 Å². The van der Waals surface area contributed by atoms with Gasteiger partial charge in [0.15, 0.2) is 0 Å². The second-order valence-electron chi connectivity index (χ2n) is 2.95. The summed E-state index contributed by atoms with van der Waals surface area (Å²) >= 11 is 0. The smallest absolute Gasteiger partial charge is 0.122 e. The van der Waals surface area contributed by atoms with Crippen LogP contribution in [0.4, 0.5) is 4.39 Å². The second kappa shape index (κ2) is 5.76. The van der Waals surface area contributed by atoms with E-state index >= 15 is 0 Å². The first-order valence-electron chi connectivity index (χ1n) is 4.27. The van der Waals surface area contributed by atoms with E-state index in [1.807, 2.05) is 13.8 Å². The highest BCUT2D eigenvalue weighted by molar-refractivity contribution is 5.27. The molecule has 0 amide bonds. The number of rotatable bonds is 4. The van der Waals surface area contributed by atoms with Gasteiger partial charge in [-0.2, -0.15) is 0 Å². The molecule has 0 aromatic carbocycles. The molecule has 0 aliphatic rings. The first-order valence-corrected chi connectivity index (χ1v) is 4.27. The van der Waals surface area contributed by atoms with Crippen LogP contribution < -0.4 is 0 Å². The predicted octanol–water partition coefficient (Wildman–Crippen LogP) is 4.16. The lowest BCUT2D eigenvalue weighted by Crippen LogP contribution is -1.81. The zero-order valence-electron chi connectivity index (χ0n) is 8.15. The van der Waals surface area contributed by atoms with E-state index in [4.69, 9.17) is 0 Å². The third-order valence-corrected chi connectivity index (χ3v) is 1.85. The van der Waals surface area contributed by atoms with Gasteiger partial charge in [0.2, 0.25) is 0 Å². The highest BCUT2D eigenvalue weighted by atomic mass is 19.1. The molecule has 0 saturated carbocycles. The van der Waals surface area contributed by atoms with Crippen molar-refractivity contribution < 1.29 is 4.39 Å². The molecule has 0 rings (SSSR count). The average molecular weight is 168 g/mol. The molecular formula is C11H17F. The van der Waals surface area contributed by atoms with Crippen molar-refractivity contribution in [1.29, 1.82) is 0 Å². The Hall–Kier alpha value is -0.850. The van der Waals surface area contributed by atoms with Gasteiger partial charge in [-0.05, 0) is 38.0 Å². The molecule has 0 aromatic heterocycles. The van der Waals surface area contributed by atoms with Crippen molar-refractivity contribution in [3.8, 4) is 0 Å². The van der Waals surface area contributed by atoms with E-state index in [-0.39, 0.29) is 5.83 Å². The number of halogens is 1. The molecule has 0 bridgehead atoms. The van der Waals surface area contributed by atoms with Crippen LogP contribution in [0.3, 0.4) is 0 Å². The Kier molecular flexibility index (Phi) is 5.35. The van der Waals surface area contributed by atoms with E-state index in [9.17, 15) is 4.39 Å². The van der Waals surface area contributed by atoms with Crippen LogP contribution in [0.2, 0.25) is 0 Å². The highest BCUT2D eigenvalue weighted by Gasteiger charge is 1.94. The van der Waals surface area contributed by atoms with Gasteiger partial charge in [-0.15, -0.1) is 0 Å². The van der Waals surface area contributed by atoms with E-state index in [0.29, 0.717) is 0 Å². The summed E-state index contributed by atoms with van der Waals surface area (Å²) in [6, 6.07) is 0. The Balaban J connectivity index is 4.44. The summed E-state index contributed by atoms with van der Waals surface area (Å²) in [6.45, 7) is 9.43. The molecule has 68 valence electrons. The van der Waals surface area contributed by atoms with E-state index in [2.05, 4.69) is 13.5 Å². The summed E-state index contributed by atoms with van der Waals surface area (Å²) in [7, 11) is 0. The molecule has 0 radical (unpaired) electrons. The van der Waals surface area contributed by atoms with Gasteiger partial charge >= 0.3 is 0 Å². The van der Waals surface area contributed by atoms with Crippen molar-refractivity contribution in [2.75, 3.05) is 0 Å². The molecule has 0 heterocycles. The van der Waals surface area contributed by atoms with Crippen molar-refractivity contribution in [3.63, 3.8) is 0 Å². The minimum Gasteiger partial charge on any atom is -0.207 e. The number of hydrogen-bond acceptors (Lipinski definition) is 0. The SMILES string of the molecule is C=C/C(F)=C\C(C)=C(/C)CCC. The summed E-state index contributed by atoms with van der Waals surface area (Å²) in [5.41, 5.74) is 2.25. The number of hydrogen-bond donors (Lipinski definition) is 0. The summed E-state index contributed by atoms with van der Waals surface area (Å²) in [6.07, 6.45) is 4.89. The normalized spacial score (nSPS) is 14.2. The molecule has 1 heteroatoms. The molecule has 0 saturated heterocycles. The molecule has 12 heavy (non-hydrogen) atoms. The van der Waals surface area contributed by atoms with Crippen molar-refractivity contribution in [2.24, 2.45) is 0 Å². The summed E-state index contributed by atoms with van der Waals surface area (Å²) in [5.74, 6) is -0.261. The minimum absolute atomic E-state index is 0.261. The third-order valence-electron chi connectivity index (χ3n) is 1.85. The van der Waals surface area contributed by atoms with Crippen LogP contribution in [0, 0.1) is 0 Å². The first-order chi connectivity index (χ1) is 5.61. The lowest BCUT2D eigenvalue weighted by Gasteiger charge is -2.01. The van der Waals surface area contributed by atoms with E-state index < -0.39 is 0 Å². The maximum Gasteiger partial charge on any atom is 0.122 e. The monoisotopic (exact) mass is 168 g/mol. The number of allylic oxidation sites excluding steroid dienone is 5. The Labute approximate surface area is 74.5 Å². The molecule has 0 aromatic rings. The molecule has 0 fully saturated rings. The van der Waals surface area contributed by atoms with E-state index in [1.165, 1.54) is 17.7 Å². The molecule has 0 aliphatic heterocycles. The van der Waals surface area contributed by atoms with Gasteiger partial charge in [0, 0.05) is 0 Å². The summed E-state index contributed by atoms with van der Waals surface area (Å²) < 4.78 is 12.7. The van der Waals surface area contributed by atoms with Crippen molar-refractivity contribution in [1.82, 2.24) is 0 Å². The fourth-order valence-corrected chi connectivity index (χ4v) is 0.961. The lowest BCUT2D eigenvalue weighted by atomic mass is 10.1. The Bertz CT molecular complexity index is 209. The highest BCUT2D eigenvalue weighted by Crippen LogP contribution is 2.13. The van der Waals surface area contributed by atoms with Crippen LogP contribution in [-0.2, 0) is 0 Å². The maximum atomic E-state index is 12.7. The van der Waals surface area contributed by atoms with Crippen LogP contribution in [0.5, 0.6) is 0 Å². The van der Waals surface area contributed by atoms with Crippen LogP contribution in [0.1, 0.15) is 33.6 Å². The molecular weight excluding hydrogens is 151 g/mol. The molecule has 0 spiro atoms. The minimum atomic E-state index is -0.261. The first kappa shape index (κ1) is 11.2. The molecule has 0 unspecified atom stereocenters. The largest absolute Gasteiger partial charge is 0.207 e. The van der Waals surface area contributed by atoms with Gasteiger partial charge in [0.25, 0.3) is 0 Å². The topological polar surface area (TPSA) is 0 Å². The average Bonchev–Trinajstić information content (AvgIpc) is 2.04. The Morgan fingerprint density at radius 1 is 1.42 bits per heavy atom. The van der Waals surface area contributed by atoms with Gasteiger partial charge in [-0.25, -0.2) is 4.39 Å². The maximum absolute atomic E-state index is 12.7. The standard InChI is InChI=1S/C11H17F/c1-5-7-9(3)10(4)8-11(12)6-2/h6,8H,2,5,7H2,1,3-4H3/b10-9+,11-8+. The predicted molar refractivity (Wildman–Crippen MR) is 52.7 cm³/mol. The van der Waals surface area contributed by atoms with Crippen molar-refractivity contribution in [3.05, 3.63) is 35.7 Å². The van der Waals surface area contributed by atoms with Crippen LogP contribution >= 0.6 is 0 Å². The van der Waals surface area contributed by atoms with Crippen LogP contribution in [-0.4, -0.2) is 0 Å². The lowest BCUT2D eigenvalue weighted by molar-refractivity contribution is 0.666. The van der Waals surface area contributed by atoms with Gasteiger partial charge in [0.05, 0.1) is 0 Å². The van der Waals surface area contributed by atoms with Gasteiger partial charge in [-0.3, -0.25) is 0 Å². The zero-order chi connectivity index (χ0) is 9.56. The molecule has 0 N–H and O–H groups in total. The fourth-order valence-electron chi connectivity index (χ4n) is 0.961. The van der Waals surface area contributed by atoms with Crippen molar-refractivity contribution in [2.45, 2.75) is 33.6 Å². The molecule has 0 nitrogen and oxygen atoms in total. The van der Waals surface area contributed by atoms with Crippen LogP contribution in [0.25, 0.3) is 0 Å². The van der Waals surface area contributed by atoms with Gasteiger partial charge in [-0.1, -0.05) is 25.5 Å². The van der Waals surface area contributed by atoms with Crippen LogP contribution in [0.15, 0.2) is 35.7 Å². The Morgan fingerprint density at radius 3 is 2.42 bits per heavy atom.